The molecule has 0 spiro atoms. The Labute approximate surface area is 204 Å². The molecule has 1 heterocycles. The van der Waals surface area contributed by atoms with Crippen molar-refractivity contribution < 1.29 is 19.1 Å². The van der Waals surface area contributed by atoms with Gasteiger partial charge in [-0.15, -0.1) is 0 Å². The standard InChI is InChI=1S/C24H24Br2N2O4/c1-31-21-13-16(11-19(26)22(21)32-14-15-7-9-17(25)10-8-15)12-20-23(29)28(24(30)27-20)18-5-3-2-4-6-18/h7-13,18H,2-6,14H2,1H3,(H,27,30)/b20-12-. The average molecular weight is 564 g/mol. The maximum atomic E-state index is 12.9. The zero-order valence-electron chi connectivity index (χ0n) is 17.7. The largest absolute Gasteiger partial charge is 0.493 e. The van der Waals surface area contributed by atoms with Gasteiger partial charge in [0.2, 0.25) is 0 Å². The van der Waals surface area contributed by atoms with Gasteiger partial charge in [-0.3, -0.25) is 9.69 Å². The number of nitrogens with one attached hydrogen (secondary N) is 1. The van der Waals surface area contributed by atoms with Crippen molar-refractivity contribution in [2.45, 2.75) is 44.8 Å². The summed E-state index contributed by atoms with van der Waals surface area (Å²) in [6, 6.07) is 11.2. The minimum Gasteiger partial charge on any atom is -0.493 e. The van der Waals surface area contributed by atoms with E-state index in [4.69, 9.17) is 9.47 Å². The molecule has 0 bridgehead atoms. The molecule has 1 aliphatic heterocycles. The molecule has 8 heteroatoms. The lowest BCUT2D eigenvalue weighted by molar-refractivity contribution is -0.124. The molecule has 2 fully saturated rings. The van der Waals surface area contributed by atoms with Gasteiger partial charge in [0.1, 0.15) is 12.3 Å². The Morgan fingerprint density at radius 3 is 2.50 bits per heavy atom. The van der Waals surface area contributed by atoms with Crippen LogP contribution in [0.1, 0.15) is 43.2 Å². The summed E-state index contributed by atoms with van der Waals surface area (Å²) in [6.07, 6.45) is 6.67. The molecule has 1 saturated heterocycles. The molecule has 2 aromatic rings. The number of benzene rings is 2. The van der Waals surface area contributed by atoms with Crippen LogP contribution in [0.3, 0.4) is 0 Å². The van der Waals surface area contributed by atoms with E-state index in [1.807, 2.05) is 30.3 Å². The second-order valence-corrected chi connectivity index (χ2v) is 9.67. The summed E-state index contributed by atoms with van der Waals surface area (Å²) >= 11 is 6.98. The number of nitrogens with zero attached hydrogens (tertiary/aromatic N) is 1. The van der Waals surface area contributed by atoms with Crippen molar-refractivity contribution in [1.82, 2.24) is 10.2 Å². The lowest BCUT2D eigenvalue weighted by atomic mass is 9.94. The van der Waals surface area contributed by atoms with E-state index < -0.39 is 0 Å². The zero-order chi connectivity index (χ0) is 22.7. The van der Waals surface area contributed by atoms with Gasteiger partial charge < -0.3 is 14.8 Å². The quantitative estimate of drug-likeness (QED) is 0.344. The molecule has 0 atom stereocenters. The zero-order valence-corrected chi connectivity index (χ0v) is 20.9. The highest BCUT2D eigenvalue weighted by Crippen LogP contribution is 2.38. The second-order valence-electron chi connectivity index (χ2n) is 7.90. The second kappa shape index (κ2) is 10.1. The van der Waals surface area contributed by atoms with Gasteiger partial charge in [-0.2, -0.15) is 0 Å². The van der Waals surface area contributed by atoms with Gasteiger partial charge in [0.05, 0.1) is 11.6 Å². The molecule has 0 aromatic heterocycles. The SMILES string of the molecule is COc1cc(/C=C2\NC(=O)N(C3CCCCC3)C2=O)cc(Br)c1OCc1ccc(Br)cc1. The summed E-state index contributed by atoms with van der Waals surface area (Å²) in [7, 11) is 1.57. The number of ether oxygens (including phenoxy) is 2. The average Bonchev–Trinajstić information content (AvgIpc) is 3.07. The Morgan fingerprint density at radius 1 is 1.09 bits per heavy atom. The number of urea groups is 1. The minimum absolute atomic E-state index is 0.0159. The Kier molecular flexibility index (Phi) is 7.20. The number of amides is 3. The van der Waals surface area contributed by atoms with E-state index in [1.54, 1.807) is 19.3 Å². The summed E-state index contributed by atoms with van der Waals surface area (Å²) < 4.78 is 13.2. The third-order valence-corrected chi connectivity index (χ3v) is 6.83. The molecule has 1 aliphatic carbocycles. The van der Waals surface area contributed by atoms with Crippen molar-refractivity contribution in [3.63, 3.8) is 0 Å². The van der Waals surface area contributed by atoms with E-state index in [0.717, 1.165) is 47.7 Å². The van der Waals surface area contributed by atoms with Crippen molar-refractivity contribution in [2.24, 2.45) is 0 Å². The van der Waals surface area contributed by atoms with Gasteiger partial charge >= 0.3 is 6.03 Å². The number of carbonyl (C=O) groups is 2. The van der Waals surface area contributed by atoms with E-state index in [0.29, 0.717) is 22.6 Å². The third-order valence-electron chi connectivity index (χ3n) is 5.71. The van der Waals surface area contributed by atoms with Gasteiger partial charge in [0.25, 0.3) is 5.91 Å². The van der Waals surface area contributed by atoms with Crippen LogP contribution in [0, 0.1) is 0 Å². The molecule has 2 aromatic carbocycles. The molecule has 3 amide bonds. The molecule has 0 unspecified atom stereocenters. The van der Waals surface area contributed by atoms with E-state index in [1.165, 1.54) is 4.90 Å². The van der Waals surface area contributed by atoms with Crippen molar-refractivity contribution in [1.29, 1.82) is 0 Å². The summed E-state index contributed by atoms with van der Waals surface area (Å²) in [5.41, 5.74) is 2.02. The molecule has 32 heavy (non-hydrogen) atoms. The maximum Gasteiger partial charge on any atom is 0.329 e. The predicted octanol–water partition coefficient (Wildman–Crippen LogP) is 6.02. The smallest absolute Gasteiger partial charge is 0.329 e. The van der Waals surface area contributed by atoms with Gasteiger partial charge in [-0.05, 0) is 70.2 Å². The van der Waals surface area contributed by atoms with Crippen LogP contribution in [0.25, 0.3) is 6.08 Å². The highest BCUT2D eigenvalue weighted by molar-refractivity contribution is 9.10. The van der Waals surface area contributed by atoms with Gasteiger partial charge in [0, 0.05) is 10.5 Å². The van der Waals surface area contributed by atoms with E-state index >= 15 is 0 Å². The van der Waals surface area contributed by atoms with Crippen LogP contribution in [-0.4, -0.2) is 30.0 Å². The summed E-state index contributed by atoms with van der Waals surface area (Å²) in [6.45, 7) is 0.383. The van der Waals surface area contributed by atoms with Crippen LogP contribution >= 0.6 is 31.9 Å². The molecule has 1 saturated carbocycles. The van der Waals surface area contributed by atoms with Crippen LogP contribution in [0.15, 0.2) is 51.0 Å². The normalized spacial score (nSPS) is 18.2. The van der Waals surface area contributed by atoms with Crippen LogP contribution in [0.5, 0.6) is 11.5 Å². The number of hydrogen-bond acceptors (Lipinski definition) is 4. The number of methoxy groups -OCH3 is 1. The molecular weight excluding hydrogens is 540 g/mol. The highest BCUT2D eigenvalue weighted by Gasteiger charge is 2.39. The van der Waals surface area contributed by atoms with Crippen LogP contribution < -0.4 is 14.8 Å². The Morgan fingerprint density at radius 2 is 1.81 bits per heavy atom. The topological polar surface area (TPSA) is 67.9 Å². The Balaban J connectivity index is 1.53. The summed E-state index contributed by atoms with van der Waals surface area (Å²) in [4.78, 5) is 26.8. The van der Waals surface area contributed by atoms with Crippen molar-refractivity contribution in [3.05, 3.63) is 62.2 Å². The number of hydrogen-bond donors (Lipinski definition) is 1. The number of rotatable bonds is 6. The molecular formula is C24H24Br2N2O4. The van der Waals surface area contributed by atoms with Crippen molar-refractivity contribution in [2.75, 3.05) is 7.11 Å². The van der Waals surface area contributed by atoms with Crippen molar-refractivity contribution in [3.8, 4) is 11.5 Å². The highest BCUT2D eigenvalue weighted by atomic mass is 79.9. The lowest BCUT2D eigenvalue weighted by Crippen LogP contribution is -2.41. The van der Waals surface area contributed by atoms with E-state index in [2.05, 4.69) is 37.2 Å². The first-order valence-corrected chi connectivity index (χ1v) is 12.2. The fourth-order valence-corrected chi connectivity index (χ4v) is 4.92. The first kappa shape index (κ1) is 22.9. The van der Waals surface area contributed by atoms with Crippen molar-refractivity contribution >= 4 is 49.9 Å². The molecule has 2 aliphatic rings. The Hall–Kier alpha value is -2.32. The molecule has 4 rings (SSSR count). The van der Waals surface area contributed by atoms with E-state index in [-0.39, 0.29) is 23.7 Å². The third kappa shape index (κ3) is 5.02. The fraction of sp³-hybridized carbons (Fsp3) is 0.333. The van der Waals surface area contributed by atoms with Gasteiger partial charge in [0.15, 0.2) is 11.5 Å². The number of imide groups is 1. The fourth-order valence-electron chi connectivity index (χ4n) is 4.09. The first-order chi connectivity index (χ1) is 15.5. The summed E-state index contributed by atoms with van der Waals surface area (Å²) in [5.74, 6) is 0.833. The molecule has 1 N–H and O–H groups in total. The molecule has 6 nitrogen and oxygen atoms in total. The van der Waals surface area contributed by atoms with Gasteiger partial charge in [-0.1, -0.05) is 47.3 Å². The number of carbonyl (C=O) groups excluding carboxylic acids is 2. The first-order valence-electron chi connectivity index (χ1n) is 10.6. The van der Waals surface area contributed by atoms with Gasteiger partial charge in [-0.25, -0.2) is 4.79 Å². The van der Waals surface area contributed by atoms with Crippen LogP contribution in [0.4, 0.5) is 4.79 Å². The molecule has 168 valence electrons. The molecule has 0 radical (unpaired) electrons. The Bertz CT molecular complexity index is 1050. The van der Waals surface area contributed by atoms with Crippen LogP contribution in [-0.2, 0) is 11.4 Å². The lowest BCUT2D eigenvalue weighted by Gasteiger charge is -2.28. The predicted molar refractivity (Wildman–Crippen MR) is 129 cm³/mol. The van der Waals surface area contributed by atoms with E-state index in [9.17, 15) is 9.59 Å². The maximum absolute atomic E-state index is 12.9. The minimum atomic E-state index is -0.339. The monoisotopic (exact) mass is 562 g/mol. The van der Waals surface area contributed by atoms with Crippen LogP contribution in [0.2, 0.25) is 0 Å². The number of halogens is 2. The summed E-state index contributed by atoms with van der Waals surface area (Å²) in [5, 5.41) is 2.73.